The zero-order chi connectivity index (χ0) is 15.4. The van der Waals surface area contributed by atoms with Gasteiger partial charge in [0, 0.05) is 5.69 Å². The molecule has 0 bridgehead atoms. The van der Waals surface area contributed by atoms with Crippen molar-refractivity contribution in [1.82, 2.24) is 10.2 Å². The minimum Gasteiger partial charge on any atom is -0.414 e. The van der Waals surface area contributed by atoms with Crippen molar-refractivity contribution in [3.63, 3.8) is 0 Å². The second kappa shape index (κ2) is 6.73. The Labute approximate surface area is 127 Å². The fraction of sp³-hybridized carbons (Fsp3) is 0.357. The smallest absolute Gasteiger partial charge is 0.277 e. The Morgan fingerprint density at radius 1 is 1.43 bits per heavy atom. The predicted molar refractivity (Wildman–Crippen MR) is 82.2 cm³/mol. The Morgan fingerprint density at radius 2 is 2.19 bits per heavy atom. The van der Waals surface area contributed by atoms with E-state index in [0.29, 0.717) is 11.1 Å². The molecule has 1 atom stereocenters. The maximum atomic E-state index is 11.9. The van der Waals surface area contributed by atoms with Gasteiger partial charge in [-0.1, -0.05) is 23.9 Å². The van der Waals surface area contributed by atoms with Crippen LogP contribution >= 0.6 is 11.8 Å². The molecule has 1 amide bonds. The van der Waals surface area contributed by atoms with Crippen LogP contribution in [0.4, 0.5) is 5.69 Å². The molecule has 0 aliphatic rings. The number of anilines is 1. The monoisotopic (exact) mass is 306 g/mol. The van der Waals surface area contributed by atoms with Crippen molar-refractivity contribution in [3.8, 4) is 0 Å². The summed E-state index contributed by atoms with van der Waals surface area (Å²) >= 11 is 1.19. The van der Waals surface area contributed by atoms with Gasteiger partial charge in [0.1, 0.15) is 0 Å². The van der Waals surface area contributed by atoms with Crippen molar-refractivity contribution in [2.45, 2.75) is 32.0 Å². The number of hydrogen-bond acceptors (Lipinski definition) is 6. The van der Waals surface area contributed by atoms with Gasteiger partial charge in [0.2, 0.25) is 11.8 Å². The van der Waals surface area contributed by atoms with Gasteiger partial charge in [-0.25, -0.2) is 0 Å². The van der Waals surface area contributed by atoms with Crippen molar-refractivity contribution in [3.05, 3.63) is 35.2 Å². The molecule has 1 heterocycles. The van der Waals surface area contributed by atoms with Gasteiger partial charge in [-0.3, -0.25) is 4.79 Å². The van der Waals surface area contributed by atoms with Crippen LogP contribution in [0.25, 0.3) is 0 Å². The van der Waals surface area contributed by atoms with Crippen LogP contribution in [-0.2, 0) is 4.79 Å². The Kier molecular flexibility index (Phi) is 4.98. The highest BCUT2D eigenvalue weighted by atomic mass is 32.2. The number of carbonyl (C=O) groups excluding carboxylic acids is 1. The maximum absolute atomic E-state index is 11.9. The van der Waals surface area contributed by atoms with E-state index in [9.17, 15) is 4.79 Å². The number of benzene rings is 1. The average Bonchev–Trinajstić information content (AvgIpc) is 2.90. The first-order valence-electron chi connectivity index (χ1n) is 6.54. The Hall–Kier alpha value is -1.86. The Morgan fingerprint density at radius 3 is 2.86 bits per heavy atom. The van der Waals surface area contributed by atoms with Gasteiger partial charge in [0.15, 0.2) is 0 Å². The number of nitrogens with zero attached hydrogens (tertiary/aromatic N) is 2. The van der Waals surface area contributed by atoms with Crippen LogP contribution in [0.15, 0.2) is 27.8 Å². The van der Waals surface area contributed by atoms with Gasteiger partial charge in [0.25, 0.3) is 5.22 Å². The second-order valence-corrected chi connectivity index (χ2v) is 5.78. The van der Waals surface area contributed by atoms with E-state index in [1.165, 1.54) is 11.8 Å². The molecule has 3 N–H and O–H groups in total. The molecule has 1 aromatic carbocycles. The molecular weight excluding hydrogens is 288 g/mol. The summed E-state index contributed by atoms with van der Waals surface area (Å²) in [7, 11) is 0. The quantitative estimate of drug-likeness (QED) is 0.824. The zero-order valence-corrected chi connectivity index (χ0v) is 13.0. The molecule has 2 aromatic rings. The maximum Gasteiger partial charge on any atom is 0.277 e. The minimum absolute atomic E-state index is 0.116. The summed E-state index contributed by atoms with van der Waals surface area (Å²) < 4.78 is 5.32. The Bertz CT molecular complexity index is 640. The molecular formula is C14H18N4O2S. The van der Waals surface area contributed by atoms with Gasteiger partial charge in [-0.05, 0) is 38.0 Å². The Balaban J connectivity index is 1.91. The van der Waals surface area contributed by atoms with E-state index < -0.39 is 0 Å². The topological polar surface area (TPSA) is 94.0 Å². The third kappa shape index (κ3) is 4.30. The van der Waals surface area contributed by atoms with Crippen molar-refractivity contribution < 1.29 is 9.21 Å². The third-order valence-corrected chi connectivity index (χ3v) is 3.62. The molecule has 0 unspecified atom stereocenters. The van der Waals surface area contributed by atoms with Gasteiger partial charge in [0.05, 0.1) is 11.8 Å². The van der Waals surface area contributed by atoms with Crippen LogP contribution in [0.3, 0.4) is 0 Å². The van der Waals surface area contributed by atoms with E-state index >= 15 is 0 Å². The van der Waals surface area contributed by atoms with Crippen LogP contribution in [-0.4, -0.2) is 21.9 Å². The highest BCUT2D eigenvalue weighted by Crippen LogP contribution is 2.20. The van der Waals surface area contributed by atoms with Crippen molar-refractivity contribution in [2.75, 3.05) is 11.1 Å². The van der Waals surface area contributed by atoms with Crippen molar-refractivity contribution in [1.29, 1.82) is 0 Å². The standard InChI is InChI=1S/C14H18N4O2S/c1-8-4-5-9(2)11(6-8)16-12(19)7-21-14-18-17-13(20-14)10(3)15/h4-6,10H,7,15H2,1-3H3,(H,16,19)/t10-/m0/s1. The van der Waals surface area contributed by atoms with E-state index in [4.69, 9.17) is 10.2 Å². The number of aryl methyl sites for hydroxylation is 2. The number of nitrogens with two attached hydrogens (primary N) is 1. The summed E-state index contributed by atoms with van der Waals surface area (Å²) in [6, 6.07) is 5.62. The lowest BCUT2D eigenvalue weighted by atomic mass is 10.1. The molecule has 112 valence electrons. The van der Waals surface area contributed by atoms with Crippen LogP contribution in [0.2, 0.25) is 0 Å². The van der Waals surface area contributed by atoms with E-state index in [0.717, 1.165) is 16.8 Å². The molecule has 7 heteroatoms. The fourth-order valence-corrected chi connectivity index (χ4v) is 2.22. The van der Waals surface area contributed by atoms with Crippen molar-refractivity contribution in [2.24, 2.45) is 5.73 Å². The molecule has 0 saturated carbocycles. The lowest BCUT2D eigenvalue weighted by molar-refractivity contribution is -0.113. The predicted octanol–water partition coefficient (Wildman–Crippen LogP) is 2.44. The molecule has 6 nitrogen and oxygen atoms in total. The van der Waals surface area contributed by atoms with E-state index in [2.05, 4.69) is 15.5 Å². The van der Waals surface area contributed by atoms with Crippen LogP contribution in [0.5, 0.6) is 0 Å². The van der Waals surface area contributed by atoms with E-state index in [1.807, 2.05) is 32.0 Å². The molecule has 0 aliphatic heterocycles. The molecule has 1 aromatic heterocycles. The number of carbonyl (C=O) groups is 1. The second-order valence-electron chi connectivity index (χ2n) is 4.85. The van der Waals surface area contributed by atoms with E-state index in [-0.39, 0.29) is 17.7 Å². The van der Waals surface area contributed by atoms with Gasteiger partial charge < -0.3 is 15.5 Å². The minimum atomic E-state index is -0.310. The highest BCUT2D eigenvalue weighted by molar-refractivity contribution is 7.99. The lowest BCUT2D eigenvalue weighted by Crippen LogP contribution is -2.14. The average molecular weight is 306 g/mol. The van der Waals surface area contributed by atoms with Gasteiger partial charge >= 0.3 is 0 Å². The molecule has 0 radical (unpaired) electrons. The summed E-state index contributed by atoms with van der Waals surface area (Å²) in [5.74, 6) is 0.454. The summed E-state index contributed by atoms with van der Waals surface area (Å²) in [4.78, 5) is 11.9. The summed E-state index contributed by atoms with van der Waals surface area (Å²) in [5.41, 5.74) is 8.58. The first kappa shape index (κ1) is 15.5. The first-order valence-corrected chi connectivity index (χ1v) is 7.53. The number of amides is 1. The summed E-state index contributed by atoms with van der Waals surface area (Å²) in [5, 5.41) is 10.9. The normalized spacial score (nSPS) is 12.2. The third-order valence-electron chi connectivity index (χ3n) is 2.81. The number of thioether (sulfide) groups is 1. The molecule has 2 rings (SSSR count). The largest absolute Gasteiger partial charge is 0.414 e. The fourth-order valence-electron chi connectivity index (χ4n) is 1.65. The SMILES string of the molecule is Cc1ccc(C)c(NC(=O)CSc2nnc([C@H](C)N)o2)c1. The number of hydrogen-bond donors (Lipinski definition) is 2. The van der Waals surface area contributed by atoms with Gasteiger partial charge in [-0.2, -0.15) is 0 Å². The lowest BCUT2D eigenvalue weighted by Gasteiger charge is -2.08. The molecule has 0 spiro atoms. The number of aromatic nitrogens is 2. The van der Waals surface area contributed by atoms with E-state index in [1.54, 1.807) is 6.92 Å². The highest BCUT2D eigenvalue weighted by Gasteiger charge is 2.12. The molecule has 21 heavy (non-hydrogen) atoms. The first-order chi connectivity index (χ1) is 9.95. The number of rotatable bonds is 5. The summed E-state index contributed by atoms with van der Waals surface area (Å²) in [6.07, 6.45) is 0. The van der Waals surface area contributed by atoms with Crippen LogP contribution < -0.4 is 11.1 Å². The molecule has 0 saturated heterocycles. The molecule has 0 aliphatic carbocycles. The van der Waals surface area contributed by atoms with Gasteiger partial charge in [-0.15, -0.1) is 10.2 Å². The van der Waals surface area contributed by atoms with Crippen LogP contribution in [0, 0.1) is 13.8 Å². The van der Waals surface area contributed by atoms with Crippen molar-refractivity contribution >= 4 is 23.4 Å². The van der Waals surface area contributed by atoms with Crippen LogP contribution in [0.1, 0.15) is 30.0 Å². The summed E-state index contributed by atoms with van der Waals surface area (Å²) in [6.45, 7) is 5.70. The number of nitrogens with one attached hydrogen (secondary N) is 1. The zero-order valence-electron chi connectivity index (χ0n) is 12.2. The molecule has 0 fully saturated rings.